The van der Waals surface area contributed by atoms with E-state index in [9.17, 15) is 9.59 Å². The molecule has 7 heteroatoms. The third-order valence-corrected chi connectivity index (χ3v) is 3.42. The Morgan fingerprint density at radius 2 is 2.05 bits per heavy atom. The largest absolute Gasteiger partial charge is 0.480 e. The van der Waals surface area contributed by atoms with Crippen molar-refractivity contribution in [3.63, 3.8) is 0 Å². The van der Waals surface area contributed by atoms with Crippen LogP contribution in [0.1, 0.15) is 45.0 Å². The predicted octanol–water partition coefficient (Wildman–Crippen LogP) is 1.82. The lowest BCUT2D eigenvalue weighted by molar-refractivity contribution is -0.137. The van der Waals surface area contributed by atoms with Gasteiger partial charge in [-0.05, 0) is 0 Å². The van der Waals surface area contributed by atoms with E-state index in [2.05, 4.69) is 4.98 Å². The fraction of sp³-hybridized carbons (Fsp3) is 0.538. The molecule has 0 aliphatic carbocycles. The first-order chi connectivity index (χ1) is 9.27. The lowest BCUT2D eigenvalue weighted by Gasteiger charge is -2.16. The van der Waals surface area contributed by atoms with E-state index in [1.807, 2.05) is 33.8 Å². The quantitative estimate of drug-likeness (QED) is 0.657. The van der Waals surface area contributed by atoms with Crippen molar-refractivity contribution in [2.75, 3.05) is 0 Å². The molecule has 1 rings (SSSR count). The first-order valence-electron chi connectivity index (χ1n) is 6.21. The Hall–Kier alpha value is -1.81. The van der Waals surface area contributed by atoms with Gasteiger partial charge < -0.3 is 5.11 Å². The van der Waals surface area contributed by atoms with Crippen molar-refractivity contribution in [2.45, 2.75) is 50.4 Å². The van der Waals surface area contributed by atoms with Crippen molar-refractivity contribution in [3.8, 4) is 6.07 Å². The molecule has 0 aliphatic rings. The maximum atomic E-state index is 12.3. The maximum Gasteiger partial charge on any atom is 0.323 e. The zero-order valence-electron chi connectivity index (χ0n) is 11.9. The fourth-order valence-corrected chi connectivity index (χ4v) is 2.53. The van der Waals surface area contributed by atoms with Crippen molar-refractivity contribution >= 4 is 17.7 Å². The summed E-state index contributed by atoms with van der Waals surface area (Å²) in [6, 6.07) is 1.84. The van der Waals surface area contributed by atoms with Gasteiger partial charge in [0, 0.05) is 11.2 Å². The molecule has 0 bridgehead atoms. The molecule has 1 aromatic rings. The Labute approximate surface area is 121 Å². The van der Waals surface area contributed by atoms with Gasteiger partial charge in [0.15, 0.2) is 0 Å². The highest BCUT2D eigenvalue weighted by molar-refractivity contribution is 7.99. The zero-order chi connectivity index (χ0) is 15.4. The van der Waals surface area contributed by atoms with E-state index in [0.29, 0.717) is 10.9 Å². The summed E-state index contributed by atoms with van der Waals surface area (Å²) >= 11 is 1.33. The smallest absolute Gasteiger partial charge is 0.323 e. The van der Waals surface area contributed by atoms with Crippen LogP contribution in [0.15, 0.2) is 9.82 Å². The summed E-state index contributed by atoms with van der Waals surface area (Å²) in [5, 5.41) is 18.6. The number of aliphatic carboxylic acids is 1. The van der Waals surface area contributed by atoms with Crippen molar-refractivity contribution in [2.24, 2.45) is 0 Å². The number of carbonyl (C=O) groups is 1. The second kappa shape index (κ2) is 6.57. The van der Waals surface area contributed by atoms with Gasteiger partial charge in [0.2, 0.25) is 0 Å². The minimum Gasteiger partial charge on any atom is -0.480 e. The minimum atomic E-state index is -1.14. The molecule has 0 unspecified atom stereocenters. The summed E-state index contributed by atoms with van der Waals surface area (Å²) in [6.45, 7) is 7.04. The lowest BCUT2D eigenvalue weighted by Crippen LogP contribution is -2.31. The predicted molar refractivity (Wildman–Crippen MR) is 75.9 cm³/mol. The first-order valence-corrected chi connectivity index (χ1v) is 7.09. The molecular weight excluding hydrogens is 278 g/mol. The van der Waals surface area contributed by atoms with Crippen LogP contribution in [0.5, 0.6) is 0 Å². The average molecular weight is 295 g/mol. The van der Waals surface area contributed by atoms with Gasteiger partial charge in [-0.2, -0.15) is 5.26 Å². The number of nitriles is 1. The fourth-order valence-electron chi connectivity index (χ4n) is 1.68. The number of hydrogen-bond acceptors (Lipinski definition) is 5. The van der Waals surface area contributed by atoms with E-state index in [1.165, 1.54) is 11.8 Å². The van der Waals surface area contributed by atoms with Gasteiger partial charge in [-0.1, -0.05) is 27.7 Å². The third-order valence-electron chi connectivity index (χ3n) is 2.43. The molecule has 20 heavy (non-hydrogen) atoms. The normalized spacial score (nSPS) is 10.8. The summed E-state index contributed by atoms with van der Waals surface area (Å²) in [5.74, 6) is -0.857. The van der Waals surface area contributed by atoms with E-state index in [4.69, 9.17) is 10.4 Å². The zero-order valence-corrected chi connectivity index (χ0v) is 12.7. The summed E-state index contributed by atoms with van der Waals surface area (Å²) in [5.41, 5.74) is -0.675. The average Bonchev–Trinajstić information content (AvgIpc) is 2.31. The van der Waals surface area contributed by atoms with Crippen LogP contribution in [0.2, 0.25) is 0 Å². The van der Waals surface area contributed by atoms with Crippen LogP contribution in [-0.2, 0) is 11.3 Å². The van der Waals surface area contributed by atoms with Crippen LogP contribution < -0.4 is 5.56 Å². The maximum absolute atomic E-state index is 12.3. The summed E-state index contributed by atoms with van der Waals surface area (Å²) in [4.78, 5) is 27.5. The first kappa shape index (κ1) is 16.2. The Morgan fingerprint density at radius 1 is 1.45 bits per heavy atom. The van der Waals surface area contributed by atoms with E-state index in [1.54, 1.807) is 0 Å². The Balaban J connectivity index is 3.58. The second-order valence-corrected chi connectivity index (χ2v) is 6.43. The Bertz CT molecular complexity index is 615. The molecular formula is C13H17N3O3S. The number of rotatable bonds is 5. The molecule has 0 amide bonds. The highest BCUT2D eigenvalue weighted by Crippen LogP contribution is 2.24. The summed E-state index contributed by atoms with van der Waals surface area (Å²) < 4.78 is 1.07. The number of nitrogens with zero attached hydrogens (tertiary/aromatic N) is 3. The van der Waals surface area contributed by atoms with Crippen molar-refractivity contribution in [1.29, 1.82) is 5.26 Å². The molecule has 0 radical (unpaired) electrons. The Morgan fingerprint density at radius 3 is 2.45 bits per heavy atom. The molecule has 0 fully saturated rings. The number of aromatic nitrogens is 2. The van der Waals surface area contributed by atoms with E-state index in [0.717, 1.165) is 4.57 Å². The van der Waals surface area contributed by atoms with Crippen LogP contribution >= 0.6 is 11.8 Å². The summed E-state index contributed by atoms with van der Waals surface area (Å²) in [6.07, 6.45) is 0. The van der Waals surface area contributed by atoms with Gasteiger partial charge in [0.05, 0.1) is 0 Å². The van der Waals surface area contributed by atoms with Gasteiger partial charge in [0.25, 0.3) is 5.56 Å². The van der Waals surface area contributed by atoms with Gasteiger partial charge in [-0.15, -0.1) is 11.8 Å². The molecule has 1 aromatic heterocycles. The van der Waals surface area contributed by atoms with Gasteiger partial charge in [-0.25, -0.2) is 4.98 Å². The van der Waals surface area contributed by atoms with Gasteiger partial charge in [-0.3, -0.25) is 14.2 Å². The SMILES string of the molecule is CC(C)Sc1nc(C(C)C)n(CC(=O)O)c(=O)c1C#N. The molecule has 0 aliphatic heterocycles. The number of carboxylic acid groups (broad SMARTS) is 1. The summed E-state index contributed by atoms with van der Waals surface area (Å²) in [7, 11) is 0. The van der Waals surface area contributed by atoms with E-state index < -0.39 is 18.1 Å². The lowest BCUT2D eigenvalue weighted by atomic mass is 10.2. The molecule has 0 aromatic carbocycles. The van der Waals surface area contributed by atoms with Crippen LogP contribution in [0.3, 0.4) is 0 Å². The highest BCUT2D eigenvalue weighted by Gasteiger charge is 2.20. The molecule has 0 spiro atoms. The standard InChI is InChI=1S/C13H17N3O3S/c1-7(2)11-15-12(20-8(3)4)9(5-14)13(19)16(11)6-10(17)18/h7-8H,6H2,1-4H3,(H,17,18). The van der Waals surface area contributed by atoms with Crippen LogP contribution in [0, 0.1) is 11.3 Å². The van der Waals surface area contributed by atoms with E-state index >= 15 is 0 Å². The van der Waals surface area contributed by atoms with Crippen molar-refractivity contribution < 1.29 is 9.90 Å². The molecule has 0 atom stereocenters. The molecule has 6 nitrogen and oxygen atoms in total. The molecule has 1 N–H and O–H groups in total. The third kappa shape index (κ3) is 3.61. The van der Waals surface area contributed by atoms with E-state index in [-0.39, 0.29) is 16.7 Å². The number of thioether (sulfide) groups is 1. The molecule has 0 saturated carbocycles. The molecule has 0 saturated heterocycles. The Kier molecular flexibility index (Phi) is 5.34. The number of carboxylic acids is 1. The van der Waals surface area contributed by atoms with Crippen molar-refractivity contribution in [1.82, 2.24) is 9.55 Å². The monoisotopic (exact) mass is 295 g/mol. The van der Waals surface area contributed by atoms with Gasteiger partial charge >= 0.3 is 5.97 Å². The van der Waals surface area contributed by atoms with Gasteiger partial charge in [0.1, 0.15) is 29.0 Å². The van der Waals surface area contributed by atoms with Crippen LogP contribution in [-0.4, -0.2) is 25.9 Å². The van der Waals surface area contributed by atoms with Crippen LogP contribution in [0.4, 0.5) is 0 Å². The van der Waals surface area contributed by atoms with Crippen LogP contribution in [0.25, 0.3) is 0 Å². The molecule has 1 heterocycles. The topological polar surface area (TPSA) is 96.0 Å². The second-order valence-electron chi connectivity index (χ2n) is 4.87. The van der Waals surface area contributed by atoms with Crippen molar-refractivity contribution in [3.05, 3.63) is 21.7 Å². The highest BCUT2D eigenvalue weighted by atomic mass is 32.2. The minimum absolute atomic E-state index is 0.0886. The molecule has 108 valence electrons. The number of hydrogen-bond donors (Lipinski definition) is 1.